The Hall–Kier alpha value is -1.65. The van der Waals surface area contributed by atoms with Crippen molar-refractivity contribution in [1.29, 1.82) is 0 Å². The van der Waals surface area contributed by atoms with Gasteiger partial charge < -0.3 is 0 Å². The van der Waals surface area contributed by atoms with Crippen molar-refractivity contribution in [2.24, 2.45) is 0 Å². The maximum Gasteiger partial charge on any atom is 0.0607 e. The Morgan fingerprint density at radius 3 is 2.00 bits per heavy atom. The van der Waals surface area contributed by atoms with Crippen LogP contribution in [-0.2, 0) is 6.54 Å². The fourth-order valence-corrected chi connectivity index (χ4v) is 3.96. The fraction of sp³-hybridized carbons (Fsp3) is 0.217. The first-order valence-corrected chi connectivity index (χ1v) is 8.74. The van der Waals surface area contributed by atoms with Crippen LogP contribution < -0.4 is 0 Å². The number of hydrogen-bond donors (Lipinski definition) is 0. The third kappa shape index (κ3) is 3.80. The van der Waals surface area contributed by atoms with Gasteiger partial charge in [0.15, 0.2) is 0 Å². The van der Waals surface area contributed by atoms with Crippen molar-refractivity contribution < 1.29 is 0 Å². The van der Waals surface area contributed by atoms with Crippen molar-refractivity contribution in [3.05, 3.63) is 107 Å². The lowest BCUT2D eigenvalue weighted by molar-refractivity contribution is 0.188. The van der Waals surface area contributed by atoms with Gasteiger partial charge in [-0.25, -0.2) is 0 Å². The first-order chi connectivity index (χ1) is 11.8. The van der Waals surface area contributed by atoms with Gasteiger partial charge in [0, 0.05) is 13.1 Å². The van der Waals surface area contributed by atoms with Crippen molar-refractivity contribution in [2.45, 2.75) is 25.4 Å². The molecule has 0 aromatic heterocycles. The monoisotopic (exact) mass is 441 g/mol. The third-order valence-corrected chi connectivity index (χ3v) is 5.04. The molecule has 1 aliphatic rings. The molecule has 0 saturated carbocycles. The molecule has 0 radical (unpaired) electrons. The molecule has 0 spiro atoms. The molecule has 0 saturated heterocycles. The van der Waals surface area contributed by atoms with Crippen molar-refractivity contribution >= 4 is 24.0 Å². The van der Waals surface area contributed by atoms with Crippen molar-refractivity contribution in [3.63, 3.8) is 0 Å². The Bertz CT molecular complexity index is 801. The molecule has 4 rings (SSSR count). The predicted molar refractivity (Wildman–Crippen MR) is 115 cm³/mol. The summed E-state index contributed by atoms with van der Waals surface area (Å²) in [5, 5.41) is 0. The van der Waals surface area contributed by atoms with Crippen LogP contribution in [0.15, 0.2) is 84.9 Å². The van der Waals surface area contributed by atoms with Gasteiger partial charge in [0.25, 0.3) is 0 Å². The Balaban J connectivity index is 0.00000182. The predicted octanol–water partition coefficient (Wildman–Crippen LogP) is 6.01. The van der Waals surface area contributed by atoms with E-state index in [1.807, 2.05) is 0 Å². The Labute approximate surface area is 167 Å². The number of nitrogens with zero attached hydrogens (tertiary/aromatic N) is 1. The van der Waals surface area contributed by atoms with Crippen molar-refractivity contribution in [1.82, 2.24) is 4.90 Å². The minimum absolute atomic E-state index is 0. The highest BCUT2D eigenvalue weighted by atomic mass is 127. The minimum Gasteiger partial charge on any atom is -0.287 e. The molecule has 2 heteroatoms. The van der Waals surface area contributed by atoms with E-state index in [1.54, 1.807) is 0 Å². The van der Waals surface area contributed by atoms with Crippen LogP contribution in [0.25, 0.3) is 0 Å². The molecule has 1 aliphatic heterocycles. The molecule has 0 aliphatic carbocycles. The highest BCUT2D eigenvalue weighted by Gasteiger charge is 2.31. The summed E-state index contributed by atoms with van der Waals surface area (Å²) in [6.07, 6.45) is 0. The molecular formula is C23H24IN. The molecule has 2 atom stereocenters. The highest BCUT2D eigenvalue weighted by Crippen LogP contribution is 2.40. The molecular weight excluding hydrogens is 417 g/mol. The quantitative estimate of drug-likeness (QED) is 0.450. The van der Waals surface area contributed by atoms with E-state index in [0.29, 0.717) is 12.0 Å². The molecule has 3 aromatic rings. The number of fused-ring (bicyclic) bond motifs is 1. The lowest BCUT2D eigenvalue weighted by Gasteiger charge is -2.40. The molecule has 25 heavy (non-hydrogen) atoms. The lowest BCUT2D eigenvalue weighted by atomic mass is 9.83. The van der Waals surface area contributed by atoms with Gasteiger partial charge in [-0.05, 0) is 28.2 Å². The summed E-state index contributed by atoms with van der Waals surface area (Å²) in [7, 11) is 0. The summed E-state index contributed by atoms with van der Waals surface area (Å²) in [5.74, 6) is 0.560. The van der Waals surface area contributed by atoms with Crippen LogP contribution in [0.2, 0.25) is 0 Å². The molecule has 0 bridgehead atoms. The van der Waals surface area contributed by atoms with E-state index in [0.717, 1.165) is 13.1 Å². The lowest BCUT2D eigenvalue weighted by Crippen LogP contribution is -2.37. The number of rotatable bonds is 3. The zero-order chi connectivity index (χ0) is 16.4. The zero-order valence-electron chi connectivity index (χ0n) is 14.5. The highest BCUT2D eigenvalue weighted by molar-refractivity contribution is 14.0. The Morgan fingerprint density at radius 1 is 0.760 bits per heavy atom. The number of halogens is 1. The topological polar surface area (TPSA) is 3.24 Å². The number of benzene rings is 3. The van der Waals surface area contributed by atoms with Crippen molar-refractivity contribution in [2.75, 3.05) is 6.54 Å². The van der Waals surface area contributed by atoms with Crippen LogP contribution >= 0.6 is 24.0 Å². The van der Waals surface area contributed by atoms with E-state index in [1.165, 1.54) is 22.3 Å². The molecule has 0 fully saturated rings. The van der Waals surface area contributed by atoms with Crippen LogP contribution in [0.3, 0.4) is 0 Å². The summed E-state index contributed by atoms with van der Waals surface area (Å²) in [5.41, 5.74) is 5.71. The maximum absolute atomic E-state index is 2.62. The third-order valence-electron chi connectivity index (χ3n) is 5.04. The Morgan fingerprint density at radius 2 is 1.32 bits per heavy atom. The zero-order valence-corrected chi connectivity index (χ0v) is 16.8. The SMILES string of the molecule is CC1CN(Cc2ccccc2)C(c2ccccc2)c2ccccc21.I. The van der Waals surface area contributed by atoms with E-state index < -0.39 is 0 Å². The molecule has 1 heterocycles. The summed E-state index contributed by atoms with van der Waals surface area (Å²) in [4.78, 5) is 2.62. The molecule has 128 valence electrons. The molecule has 0 amide bonds. The van der Waals surface area contributed by atoms with Gasteiger partial charge in [-0.3, -0.25) is 4.90 Å². The average molecular weight is 441 g/mol. The van der Waals surface area contributed by atoms with Crippen LogP contribution in [0, 0.1) is 0 Å². The van der Waals surface area contributed by atoms with Crippen LogP contribution in [-0.4, -0.2) is 11.4 Å². The second-order valence-corrected chi connectivity index (χ2v) is 6.76. The van der Waals surface area contributed by atoms with Gasteiger partial charge in [-0.15, -0.1) is 24.0 Å². The summed E-state index contributed by atoms with van der Waals surface area (Å²) >= 11 is 0. The van der Waals surface area contributed by atoms with E-state index in [-0.39, 0.29) is 24.0 Å². The smallest absolute Gasteiger partial charge is 0.0607 e. The normalized spacial score (nSPS) is 19.7. The molecule has 3 aromatic carbocycles. The average Bonchev–Trinajstić information content (AvgIpc) is 2.64. The minimum atomic E-state index is 0. The van der Waals surface area contributed by atoms with Crippen LogP contribution in [0.4, 0.5) is 0 Å². The first kappa shape index (κ1) is 18.2. The maximum atomic E-state index is 2.62. The largest absolute Gasteiger partial charge is 0.287 e. The second kappa shape index (κ2) is 8.15. The molecule has 0 N–H and O–H groups in total. The fourth-order valence-electron chi connectivity index (χ4n) is 3.96. The van der Waals surface area contributed by atoms with Crippen molar-refractivity contribution in [3.8, 4) is 0 Å². The first-order valence-electron chi connectivity index (χ1n) is 8.74. The van der Waals surface area contributed by atoms with Crippen LogP contribution in [0.5, 0.6) is 0 Å². The van der Waals surface area contributed by atoms with Gasteiger partial charge in [0.05, 0.1) is 6.04 Å². The van der Waals surface area contributed by atoms with E-state index >= 15 is 0 Å². The summed E-state index contributed by atoms with van der Waals surface area (Å²) < 4.78 is 0. The second-order valence-electron chi connectivity index (χ2n) is 6.76. The summed E-state index contributed by atoms with van der Waals surface area (Å²) in [6.45, 7) is 4.42. The van der Waals surface area contributed by atoms with Gasteiger partial charge in [0.2, 0.25) is 0 Å². The van der Waals surface area contributed by atoms with Gasteiger partial charge in [-0.2, -0.15) is 0 Å². The van der Waals surface area contributed by atoms with Crippen LogP contribution in [0.1, 0.15) is 41.1 Å². The summed E-state index contributed by atoms with van der Waals surface area (Å²) in [6, 6.07) is 31.0. The molecule has 2 unspecified atom stereocenters. The Kier molecular flexibility index (Phi) is 5.92. The van der Waals surface area contributed by atoms with Gasteiger partial charge in [-0.1, -0.05) is 91.9 Å². The molecule has 1 nitrogen and oxygen atoms in total. The van der Waals surface area contributed by atoms with E-state index in [2.05, 4.69) is 96.8 Å². The van der Waals surface area contributed by atoms with Gasteiger partial charge >= 0.3 is 0 Å². The van der Waals surface area contributed by atoms with Gasteiger partial charge in [0.1, 0.15) is 0 Å². The number of hydrogen-bond acceptors (Lipinski definition) is 1. The van der Waals surface area contributed by atoms with E-state index in [4.69, 9.17) is 0 Å². The standard InChI is InChI=1S/C23H23N.HI/c1-18-16-24(17-19-10-4-2-5-11-19)23(20-12-6-3-7-13-20)22-15-9-8-14-21(18)22;/h2-15,18,23H,16-17H2,1H3;1H. The van der Waals surface area contributed by atoms with E-state index in [9.17, 15) is 0 Å².